The highest BCUT2D eigenvalue weighted by molar-refractivity contribution is 5.78. The highest BCUT2D eigenvalue weighted by Gasteiger charge is 2.26. The van der Waals surface area contributed by atoms with E-state index >= 15 is 0 Å². The first-order valence-corrected chi connectivity index (χ1v) is 9.46. The molecule has 0 aliphatic heterocycles. The third kappa shape index (κ3) is 3.45. The van der Waals surface area contributed by atoms with Crippen molar-refractivity contribution in [3.05, 3.63) is 28.6 Å². The van der Waals surface area contributed by atoms with E-state index in [-0.39, 0.29) is 17.4 Å². The van der Waals surface area contributed by atoms with Crippen molar-refractivity contribution < 1.29 is 4.79 Å². The lowest BCUT2D eigenvalue weighted by molar-refractivity contribution is -0.125. The molecule has 7 heteroatoms. The fourth-order valence-corrected chi connectivity index (χ4v) is 3.74. The molecule has 7 nitrogen and oxygen atoms in total. The number of aromatic nitrogens is 4. The molecule has 2 aliphatic rings. The minimum absolute atomic E-state index is 0.0776. The van der Waals surface area contributed by atoms with Crippen LogP contribution in [0.15, 0.2) is 17.2 Å². The number of nitrogens with one attached hydrogen (secondary N) is 1. The zero-order valence-electron chi connectivity index (χ0n) is 14.5. The molecule has 2 aromatic rings. The van der Waals surface area contributed by atoms with E-state index in [1.165, 1.54) is 12.8 Å². The quantitative estimate of drug-likeness (QED) is 0.840. The predicted octanol–water partition coefficient (Wildman–Crippen LogP) is 1.85. The monoisotopic (exact) mass is 343 g/mol. The van der Waals surface area contributed by atoms with Crippen LogP contribution in [0.25, 0.3) is 5.65 Å². The van der Waals surface area contributed by atoms with E-state index in [0.717, 1.165) is 44.3 Å². The van der Waals surface area contributed by atoms with Crippen LogP contribution in [0.2, 0.25) is 0 Å². The molecule has 2 aromatic heterocycles. The summed E-state index contributed by atoms with van der Waals surface area (Å²) in [6, 6.07) is 0.330. The van der Waals surface area contributed by atoms with Crippen molar-refractivity contribution in [2.75, 3.05) is 6.54 Å². The summed E-state index contributed by atoms with van der Waals surface area (Å²) in [5.74, 6) is 1.03. The second-order valence-corrected chi connectivity index (χ2v) is 7.28. The van der Waals surface area contributed by atoms with Crippen LogP contribution >= 0.6 is 0 Å². The first-order chi connectivity index (χ1) is 12.2. The van der Waals surface area contributed by atoms with E-state index in [1.54, 1.807) is 8.97 Å². The lowest BCUT2D eigenvalue weighted by atomic mass is 9.99. The zero-order valence-corrected chi connectivity index (χ0v) is 14.5. The second-order valence-electron chi connectivity index (χ2n) is 7.28. The standard InChI is InChI=1S/C18H25N5O2/c24-17(13-5-3-1-2-4-6-13)19-10-9-15-20-21-16-18(25)22(14-7-8-14)11-12-23(15)16/h11-14H,1-10H2,(H,19,24). The first-order valence-electron chi connectivity index (χ1n) is 9.46. The van der Waals surface area contributed by atoms with Crippen molar-refractivity contribution in [1.29, 1.82) is 0 Å². The largest absolute Gasteiger partial charge is 0.355 e. The lowest BCUT2D eigenvalue weighted by Gasteiger charge is -2.13. The van der Waals surface area contributed by atoms with Gasteiger partial charge in [-0.05, 0) is 25.7 Å². The van der Waals surface area contributed by atoms with Crippen molar-refractivity contribution in [3.8, 4) is 0 Å². The fourth-order valence-electron chi connectivity index (χ4n) is 3.74. The van der Waals surface area contributed by atoms with Gasteiger partial charge in [-0.2, -0.15) is 0 Å². The van der Waals surface area contributed by atoms with Crippen LogP contribution < -0.4 is 10.9 Å². The number of fused-ring (bicyclic) bond motifs is 1. The molecule has 0 spiro atoms. The van der Waals surface area contributed by atoms with Crippen LogP contribution in [0.4, 0.5) is 0 Å². The summed E-state index contributed by atoms with van der Waals surface area (Å²) in [6.07, 6.45) is 13.2. The van der Waals surface area contributed by atoms with Gasteiger partial charge in [-0.15, -0.1) is 10.2 Å². The van der Waals surface area contributed by atoms with Gasteiger partial charge < -0.3 is 9.88 Å². The molecule has 0 unspecified atom stereocenters. The van der Waals surface area contributed by atoms with Crippen molar-refractivity contribution in [3.63, 3.8) is 0 Å². The summed E-state index contributed by atoms with van der Waals surface area (Å²) in [5.41, 5.74) is 0.297. The molecule has 0 saturated heterocycles. The minimum Gasteiger partial charge on any atom is -0.355 e. The molecule has 0 atom stereocenters. The Labute approximate surface area is 146 Å². The van der Waals surface area contributed by atoms with Crippen LogP contribution in [0.5, 0.6) is 0 Å². The average Bonchev–Trinajstić information content (AvgIpc) is 3.41. The Morgan fingerprint density at radius 1 is 1.08 bits per heavy atom. The van der Waals surface area contributed by atoms with Crippen molar-refractivity contribution in [2.24, 2.45) is 5.92 Å². The normalized spacial score (nSPS) is 19.0. The van der Waals surface area contributed by atoms with Gasteiger partial charge in [0, 0.05) is 37.3 Å². The smallest absolute Gasteiger partial charge is 0.296 e. The van der Waals surface area contributed by atoms with Crippen LogP contribution in [0.1, 0.15) is 63.2 Å². The first kappa shape index (κ1) is 16.3. The summed E-state index contributed by atoms with van der Waals surface area (Å²) in [6.45, 7) is 0.530. The molecule has 2 heterocycles. The molecule has 1 amide bonds. The maximum absolute atomic E-state index is 12.4. The molecule has 2 saturated carbocycles. The summed E-state index contributed by atoms with van der Waals surface area (Å²) >= 11 is 0. The van der Waals surface area contributed by atoms with Crippen LogP contribution in [-0.2, 0) is 11.2 Å². The Hall–Kier alpha value is -2.18. The number of rotatable bonds is 5. The molecule has 4 rings (SSSR count). The average molecular weight is 343 g/mol. The van der Waals surface area contributed by atoms with Crippen LogP contribution in [-0.4, -0.2) is 31.6 Å². The molecule has 0 radical (unpaired) electrons. The third-order valence-corrected chi connectivity index (χ3v) is 5.38. The highest BCUT2D eigenvalue weighted by atomic mass is 16.2. The van der Waals surface area contributed by atoms with E-state index in [2.05, 4.69) is 15.5 Å². The minimum atomic E-state index is -0.0776. The molecule has 2 fully saturated rings. The van der Waals surface area contributed by atoms with Crippen molar-refractivity contribution in [2.45, 2.75) is 63.8 Å². The molecule has 134 valence electrons. The number of amides is 1. The summed E-state index contributed by atoms with van der Waals surface area (Å²) in [7, 11) is 0. The molecule has 0 bridgehead atoms. The summed E-state index contributed by atoms with van der Waals surface area (Å²) in [5, 5.41) is 11.2. The fraction of sp³-hybridized carbons (Fsp3) is 0.667. The Balaban J connectivity index is 1.39. The molecular formula is C18H25N5O2. The van der Waals surface area contributed by atoms with Gasteiger partial charge in [0.05, 0.1) is 0 Å². The zero-order chi connectivity index (χ0) is 17.2. The SMILES string of the molecule is O=C(NCCc1nnc2c(=O)n(C3CC3)ccn12)C1CCCCCC1. The molecule has 25 heavy (non-hydrogen) atoms. The van der Waals surface area contributed by atoms with E-state index in [4.69, 9.17) is 0 Å². The van der Waals surface area contributed by atoms with Gasteiger partial charge in [-0.1, -0.05) is 25.7 Å². The summed E-state index contributed by atoms with van der Waals surface area (Å²) in [4.78, 5) is 24.7. The number of nitrogens with zero attached hydrogens (tertiary/aromatic N) is 4. The molecule has 1 N–H and O–H groups in total. The number of hydrogen-bond donors (Lipinski definition) is 1. The highest BCUT2D eigenvalue weighted by Crippen LogP contribution is 2.33. The van der Waals surface area contributed by atoms with Gasteiger partial charge in [0.1, 0.15) is 5.82 Å². The van der Waals surface area contributed by atoms with E-state index in [9.17, 15) is 9.59 Å². The van der Waals surface area contributed by atoms with E-state index < -0.39 is 0 Å². The molecular weight excluding hydrogens is 318 g/mol. The Morgan fingerprint density at radius 2 is 1.84 bits per heavy atom. The summed E-state index contributed by atoms with van der Waals surface area (Å²) < 4.78 is 3.50. The van der Waals surface area contributed by atoms with Gasteiger partial charge in [0.15, 0.2) is 0 Å². The molecule has 2 aliphatic carbocycles. The number of carbonyl (C=O) groups excluding carboxylic acids is 1. The third-order valence-electron chi connectivity index (χ3n) is 5.38. The van der Waals surface area contributed by atoms with E-state index in [0.29, 0.717) is 24.7 Å². The Morgan fingerprint density at radius 3 is 2.56 bits per heavy atom. The van der Waals surface area contributed by atoms with Gasteiger partial charge in [0.25, 0.3) is 5.56 Å². The second kappa shape index (κ2) is 6.98. The number of hydrogen-bond acceptors (Lipinski definition) is 4. The van der Waals surface area contributed by atoms with Gasteiger partial charge in [-0.3, -0.25) is 14.0 Å². The van der Waals surface area contributed by atoms with Crippen molar-refractivity contribution in [1.82, 2.24) is 24.5 Å². The number of carbonyl (C=O) groups is 1. The van der Waals surface area contributed by atoms with Gasteiger partial charge in [-0.25, -0.2) is 0 Å². The lowest BCUT2D eigenvalue weighted by Crippen LogP contribution is -2.32. The Bertz CT molecular complexity index is 812. The maximum Gasteiger partial charge on any atom is 0.296 e. The van der Waals surface area contributed by atoms with Crippen molar-refractivity contribution >= 4 is 11.6 Å². The predicted molar refractivity (Wildman–Crippen MR) is 93.4 cm³/mol. The van der Waals surface area contributed by atoms with Crippen LogP contribution in [0, 0.1) is 5.92 Å². The van der Waals surface area contributed by atoms with Gasteiger partial charge >= 0.3 is 0 Å². The molecule has 0 aromatic carbocycles. The topological polar surface area (TPSA) is 81.3 Å². The maximum atomic E-state index is 12.4. The van der Waals surface area contributed by atoms with E-state index in [1.807, 2.05) is 12.4 Å². The Kier molecular flexibility index (Phi) is 4.55. The van der Waals surface area contributed by atoms with Crippen LogP contribution in [0.3, 0.4) is 0 Å². The van der Waals surface area contributed by atoms with Gasteiger partial charge in [0.2, 0.25) is 11.6 Å².